The van der Waals surface area contributed by atoms with E-state index in [1.54, 1.807) is 6.07 Å². The smallest absolute Gasteiger partial charge is 0.251 e. The number of hydrogen-bond donors (Lipinski definition) is 3. The molecule has 0 fully saturated rings. The van der Waals surface area contributed by atoms with E-state index in [0.29, 0.717) is 11.6 Å². The second-order valence-electron chi connectivity index (χ2n) is 4.68. The van der Waals surface area contributed by atoms with Crippen molar-refractivity contribution in [3.63, 3.8) is 0 Å². The maximum atomic E-state index is 11.8. The van der Waals surface area contributed by atoms with Gasteiger partial charge in [0.1, 0.15) is 0 Å². The first kappa shape index (κ1) is 16.2. The van der Waals surface area contributed by atoms with Crippen molar-refractivity contribution >= 4 is 11.6 Å². The van der Waals surface area contributed by atoms with Crippen molar-refractivity contribution in [1.82, 2.24) is 5.32 Å². The van der Waals surface area contributed by atoms with Crippen LogP contribution >= 0.6 is 0 Å². The Bertz CT molecular complexity index is 432. The fraction of sp³-hybridized carbons (Fsp3) is 0.438. The Morgan fingerprint density at radius 1 is 1.50 bits per heavy atom. The Morgan fingerprint density at radius 2 is 2.30 bits per heavy atom. The van der Waals surface area contributed by atoms with Gasteiger partial charge in [-0.3, -0.25) is 4.79 Å². The lowest BCUT2D eigenvalue weighted by atomic mass is 10.1. The van der Waals surface area contributed by atoms with Gasteiger partial charge in [0.25, 0.3) is 5.91 Å². The number of hydrogen-bond acceptors (Lipinski definition) is 3. The number of carbonyl (C=O) groups is 1. The molecule has 1 unspecified atom stereocenters. The standard InChI is InChI=1S/C16H24N2O2/c1-3-5-8-14(4-2)18-15-9-6-7-13(12-15)16(20)17-10-11-19/h3,6-7,9,12,14,18-19H,1,4-5,8,10-11H2,2H3,(H,17,20). The van der Waals surface area contributed by atoms with Crippen LogP contribution in [0, 0.1) is 0 Å². The summed E-state index contributed by atoms with van der Waals surface area (Å²) in [4.78, 5) is 11.8. The van der Waals surface area contributed by atoms with Gasteiger partial charge in [-0.2, -0.15) is 0 Å². The molecular formula is C16H24N2O2. The van der Waals surface area contributed by atoms with Gasteiger partial charge in [0.15, 0.2) is 0 Å². The van der Waals surface area contributed by atoms with Crippen molar-refractivity contribution in [3.8, 4) is 0 Å². The topological polar surface area (TPSA) is 61.4 Å². The van der Waals surface area contributed by atoms with E-state index in [0.717, 1.165) is 24.9 Å². The van der Waals surface area contributed by atoms with E-state index in [1.165, 1.54) is 0 Å². The minimum Gasteiger partial charge on any atom is -0.395 e. The maximum Gasteiger partial charge on any atom is 0.251 e. The van der Waals surface area contributed by atoms with Crippen LogP contribution in [0.3, 0.4) is 0 Å². The summed E-state index contributed by atoms with van der Waals surface area (Å²) in [6.07, 6.45) is 4.95. The third-order valence-electron chi connectivity index (χ3n) is 3.10. The van der Waals surface area contributed by atoms with Gasteiger partial charge in [0.2, 0.25) is 0 Å². The summed E-state index contributed by atoms with van der Waals surface area (Å²) in [5, 5.41) is 14.8. The molecule has 1 aromatic rings. The molecule has 0 saturated heterocycles. The Balaban J connectivity index is 2.66. The number of carbonyl (C=O) groups excluding carboxylic acids is 1. The van der Waals surface area contributed by atoms with E-state index >= 15 is 0 Å². The SMILES string of the molecule is C=CCCC(CC)Nc1cccc(C(=O)NCCO)c1. The van der Waals surface area contributed by atoms with Crippen LogP contribution in [0.15, 0.2) is 36.9 Å². The summed E-state index contributed by atoms with van der Waals surface area (Å²) >= 11 is 0. The molecule has 20 heavy (non-hydrogen) atoms. The Labute approximate surface area is 120 Å². The molecule has 1 atom stereocenters. The molecule has 4 heteroatoms. The van der Waals surface area contributed by atoms with Crippen LogP contribution in [0.25, 0.3) is 0 Å². The number of nitrogens with one attached hydrogen (secondary N) is 2. The summed E-state index contributed by atoms with van der Waals surface area (Å²) in [6, 6.07) is 7.80. The van der Waals surface area contributed by atoms with Crippen molar-refractivity contribution in [3.05, 3.63) is 42.5 Å². The first-order chi connectivity index (χ1) is 9.71. The molecule has 3 N–H and O–H groups in total. The van der Waals surface area contributed by atoms with E-state index in [4.69, 9.17) is 5.11 Å². The van der Waals surface area contributed by atoms with Crippen LogP contribution in [0.2, 0.25) is 0 Å². The van der Waals surface area contributed by atoms with Gasteiger partial charge in [-0.1, -0.05) is 19.1 Å². The molecular weight excluding hydrogens is 252 g/mol. The van der Waals surface area contributed by atoms with Gasteiger partial charge in [-0.25, -0.2) is 0 Å². The van der Waals surface area contributed by atoms with Crippen molar-refractivity contribution in [1.29, 1.82) is 0 Å². The van der Waals surface area contributed by atoms with E-state index in [9.17, 15) is 4.79 Å². The molecule has 0 aliphatic heterocycles. The normalized spacial score (nSPS) is 11.7. The number of allylic oxidation sites excluding steroid dienone is 1. The fourth-order valence-electron chi connectivity index (χ4n) is 1.95. The lowest BCUT2D eigenvalue weighted by Crippen LogP contribution is -2.26. The highest BCUT2D eigenvalue weighted by Gasteiger charge is 2.08. The predicted molar refractivity (Wildman–Crippen MR) is 83.0 cm³/mol. The number of benzene rings is 1. The number of rotatable bonds is 9. The lowest BCUT2D eigenvalue weighted by Gasteiger charge is -2.18. The zero-order valence-electron chi connectivity index (χ0n) is 12.1. The maximum absolute atomic E-state index is 11.8. The van der Waals surface area contributed by atoms with Crippen LogP contribution in [0.1, 0.15) is 36.5 Å². The molecule has 0 aromatic heterocycles. The van der Waals surface area contributed by atoms with Gasteiger partial charge in [-0.15, -0.1) is 6.58 Å². The van der Waals surface area contributed by atoms with Crippen LogP contribution in [-0.4, -0.2) is 30.2 Å². The molecule has 0 radical (unpaired) electrons. The summed E-state index contributed by atoms with van der Waals surface area (Å²) < 4.78 is 0. The van der Waals surface area contributed by atoms with Gasteiger partial charge in [0.05, 0.1) is 6.61 Å². The molecule has 0 aliphatic rings. The van der Waals surface area contributed by atoms with Gasteiger partial charge in [0, 0.05) is 23.8 Å². The van der Waals surface area contributed by atoms with E-state index < -0.39 is 0 Å². The third kappa shape index (κ3) is 5.45. The quantitative estimate of drug-likeness (QED) is 0.607. The highest BCUT2D eigenvalue weighted by atomic mass is 16.3. The minimum absolute atomic E-state index is 0.0524. The van der Waals surface area contributed by atoms with Crippen molar-refractivity contribution in [2.75, 3.05) is 18.5 Å². The molecule has 1 rings (SSSR count). The number of anilines is 1. The molecule has 0 bridgehead atoms. The Kier molecular flexibility index (Phi) is 7.43. The monoisotopic (exact) mass is 276 g/mol. The summed E-state index contributed by atoms with van der Waals surface area (Å²) in [5.74, 6) is -0.165. The highest BCUT2D eigenvalue weighted by molar-refractivity contribution is 5.95. The van der Waals surface area contributed by atoms with E-state index in [-0.39, 0.29) is 19.1 Å². The van der Waals surface area contributed by atoms with Crippen LogP contribution in [0.4, 0.5) is 5.69 Å². The molecule has 0 heterocycles. The van der Waals surface area contributed by atoms with Crippen molar-refractivity contribution in [2.24, 2.45) is 0 Å². The summed E-state index contributed by atoms with van der Waals surface area (Å²) in [5.41, 5.74) is 1.54. The number of aliphatic hydroxyl groups excluding tert-OH is 1. The summed E-state index contributed by atoms with van der Waals surface area (Å²) in [7, 11) is 0. The van der Waals surface area contributed by atoms with Crippen molar-refractivity contribution in [2.45, 2.75) is 32.2 Å². The second-order valence-corrected chi connectivity index (χ2v) is 4.68. The first-order valence-corrected chi connectivity index (χ1v) is 7.07. The molecule has 0 aliphatic carbocycles. The minimum atomic E-state index is -0.165. The molecule has 1 amide bonds. The van der Waals surface area contributed by atoms with E-state index in [2.05, 4.69) is 24.1 Å². The van der Waals surface area contributed by atoms with Gasteiger partial charge in [-0.05, 0) is 37.5 Å². The largest absolute Gasteiger partial charge is 0.395 e. The van der Waals surface area contributed by atoms with Gasteiger partial charge >= 0.3 is 0 Å². The summed E-state index contributed by atoms with van der Waals surface area (Å²) in [6.45, 7) is 6.09. The fourth-order valence-corrected chi connectivity index (χ4v) is 1.95. The second kappa shape index (κ2) is 9.15. The average molecular weight is 276 g/mol. The van der Waals surface area contributed by atoms with Crippen LogP contribution < -0.4 is 10.6 Å². The molecule has 1 aromatic carbocycles. The first-order valence-electron chi connectivity index (χ1n) is 7.07. The Hall–Kier alpha value is -1.81. The zero-order valence-corrected chi connectivity index (χ0v) is 12.1. The third-order valence-corrected chi connectivity index (χ3v) is 3.10. The lowest BCUT2D eigenvalue weighted by molar-refractivity contribution is 0.0945. The molecule has 0 saturated carbocycles. The van der Waals surface area contributed by atoms with Crippen LogP contribution in [0.5, 0.6) is 0 Å². The number of aliphatic hydroxyl groups is 1. The number of amides is 1. The molecule has 0 spiro atoms. The van der Waals surface area contributed by atoms with Gasteiger partial charge < -0.3 is 15.7 Å². The van der Waals surface area contributed by atoms with E-state index in [1.807, 2.05) is 24.3 Å². The predicted octanol–water partition coefficient (Wildman–Crippen LogP) is 2.57. The zero-order chi connectivity index (χ0) is 14.8. The van der Waals surface area contributed by atoms with Crippen molar-refractivity contribution < 1.29 is 9.90 Å². The highest BCUT2D eigenvalue weighted by Crippen LogP contribution is 2.15. The molecule has 110 valence electrons. The average Bonchev–Trinajstić information content (AvgIpc) is 2.49. The van der Waals surface area contributed by atoms with Crippen LogP contribution in [-0.2, 0) is 0 Å². The molecule has 4 nitrogen and oxygen atoms in total. The Morgan fingerprint density at radius 3 is 2.95 bits per heavy atom.